The number of benzene rings is 3. The minimum Gasteiger partial charge on any atom is -0.493 e. The van der Waals surface area contributed by atoms with Crippen molar-refractivity contribution < 1.29 is 19.0 Å². The van der Waals surface area contributed by atoms with Gasteiger partial charge in [0.15, 0.2) is 11.5 Å². The molecule has 0 saturated heterocycles. The summed E-state index contributed by atoms with van der Waals surface area (Å²) in [4.78, 5) is 21.4. The average molecular weight is 508 g/mol. The third-order valence-corrected chi connectivity index (χ3v) is 5.59. The number of ether oxygens (including phenoxy) is 3. The molecule has 0 bridgehead atoms. The molecule has 33 heavy (non-hydrogen) atoms. The van der Waals surface area contributed by atoms with Crippen LogP contribution in [-0.2, 0) is 4.74 Å². The van der Waals surface area contributed by atoms with Crippen molar-refractivity contribution in [3.63, 3.8) is 0 Å². The number of nitrogens with one attached hydrogen (secondary N) is 1. The molecule has 168 valence electrons. The summed E-state index contributed by atoms with van der Waals surface area (Å²) in [6, 6.07) is 20.1. The van der Waals surface area contributed by atoms with E-state index >= 15 is 0 Å². The van der Waals surface area contributed by atoms with Gasteiger partial charge in [0.2, 0.25) is 0 Å². The Hall–Kier alpha value is -3.65. The van der Waals surface area contributed by atoms with Gasteiger partial charge in [-0.15, -0.1) is 0 Å². The quantitative estimate of drug-likeness (QED) is 0.318. The maximum absolute atomic E-state index is 12.6. The van der Waals surface area contributed by atoms with E-state index in [0.717, 1.165) is 15.4 Å². The monoisotopic (exact) mass is 507 g/mol. The number of carbonyl (C=O) groups is 1. The molecular formula is C25H22BrN3O4. The summed E-state index contributed by atoms with van der Waals surface area (Å²) in [5.41, 5.74) is 2.12. The lowest BCUT2D eigenvalue weighted by atomic mass is 10.1. The highest BCUT2D eigenvalue weighted by Gasteiger charge is 2.18. The zero-order valence-corrected chi connectivity index (χ0v) is 19.7. The highest BCUT2D eigenvalue weighted by Crippen LogP contribution is 2.34. The van der Waals surface area contributed by atoms with E-state index in [1.165, 1.54) is 6.33 Å². The van der Waals surface area contributed by atoms with Gasteiger partial charge in [-0.3, -0.25) is 0 Å². The van der Waals surface area contributed by atoms with Gasteiger partial charge < -0.3 is 19.5 Å². The molecule has 7 nitrogen and oxygen atoms in total. The molecule has 0 unspecified atom stereocenters. The predicted octanol–water partition coefficient (Wildman–Crippen LogP) is 5.42. The standard InChI is InChI=1S/C25H22BrN3O4/c1-31-22-12-19-20(13-23(22)32-2)27-15-28-24(19)29-21(16-7-4-3-5-8-16)14-33-25(30)17-9-6-10-18(26)11-17/h3-13,15,21H,14H2,1-2H3,(H,27,28,29)/t21-/m1/s1. The second kappa shape index (κ2) is 10.3. The lowest BCUT2D eigenvalue weighted by Crippen LogP contribution is -2.20. The van der Waals surface area contributed by atoms with E-state index in [1.807, 2.05) is 42.5 Å². The number of methoxy groups -OCH3 is 2. The number of halogens is 1. The Labute approximate surface area is 199 Å². The van der Waals surface area contributed by atoms with Crippen molar-refractivity contribution in [2.75, 3.05) is 26.1 Å². The molecule has 0 spiro atoms. The van der Waals surface area contributed by atoms with Crippen molar-refractivity contribution in [2.45, 2.75) is 6.04 Å². The van der Waals surface area contributed by atoms with Gasteiger partial charge in [0.1, 0.15) is 18.8 Å². The Morgan fingerprint density at radius 3 is 2.45 bits per heavy atom. The van der Waals surface area contributed by atoms with Crippen molar-refractivity contribution in [1.29, 1.82) is 0 Å². The number of hydrogen-bond acceptors (Lipinski definition) is 7. The highest BCUT2D eigenvalue weighted by molar-refractivity contribution is 9.10. The van der Waals surface area contributed by atoms with E-state index in [4.69, 9.17) is 14.2 Å². The van der Waals surface area contributed by atoms with Crippen LogP contribution in [0.4, 0.5) is 5.82 Å². The Morgan fingerprint density at radius 2 is 1.73 bits per heavy atom. The van der Waals surface area contributed by atoms with E-state index in [0.29, 0.717) is 28.4 Å². The molecular weight excluding hydrogens is 486 g/mol. The first-order chi connectivity index (χ1) is 16.1. The number of carbonyl (C=O) groups excluding carboxylic acids is 1. The zero-order valence-electron chi connectivity index (χ0n) is 18.1. The molecule has 0 radical (unpaired) electrons. The Bertz CT molecular complexity index is 1270. The van der Waals surface area contributed by atoms with Crippen LogP contribution in [0.5, 0.6) is 11.5 Å². The van der Waals surface area contributed by atoms with E-state index in [-0.39, 0.29) is 12.6 Å². The first-order valence-corrected chi connectivity index (χ1v) is 11.0. The summed E-state index contributed by atoms with van der Waals surface area (Å²) in [5, 5.41) is 4.17. The number of nitrogens with zero attached hydrogens (tertiary/aromatic N) is 2. The molecule has 0 aliphatic heterocycles. The summed E-state index contributed by atoms with van der Waals surface area (Å²) in [7, 11) is 3.16. The van der Waals surface area contributed by atoms with Crippen LogP contribution in [0.2, 0.25) is 0 Å². The minimum atomic E-state index is -0.405. The number of rotatable bonds is 8. The van der Waals surface area contributed by atoms with Gasteiger partial charge >= 0.3 is 5.97 Å². The fourth-order valence-electron chi connectivity index (χ4n) is 3.43. The molecule has 0 aliphatic carbocycles. The minimum absolute atomic E-state index is 0.105. The SMILES string of the molecule is COc1cc2ncnc(N[C@H](COC(=O)c3cccc(Br)c3)c3ccccc3)c2cc1OC. The van der Waals surface area contributed by atoms with Crippen LogP contribution in [-0.4, -0.2) is 36.8 Å². The second-order valence-electron chi connectivity index (χ2n) is 7.16. The van der Waals surface area contributed by atoms with Gasteiger partial charge in [0.25, 0.3) is 0 Å². The van der Waals surface area contributed by atoms with Crippen LogP contribution in [0.3, 0.4) is 0 Å². The topological polar surface area (TPSA) is 82.6 Å². The summed E-state index contributed by atoms with van der Waals surface area (Å²) >= 11 is 3.38. The zero-order chi connectivity index (χ0) is 23.2. The smallest absolute Gasteiger partial charge is 0.338 e. The van der Waals surface area contributed by atoms with Crippen LogP contribution < -0.4 is 14.8 Å². The van der Waals surface area contributed by atoms with Crippen LogP contribution in [0.15, 0.2) is 77.5 Å². The number of esters is 1. The summed E-state index contributed by atoms with van der Waals surface area (Å²) < 4.78 is 17.3. The van der Waals surface area contributed by atoms with Crippen molar-refractivity contribution in [3.8, 4) is 11.5 Å². The largest absolute Gasteiger partial charge is 0.493 e. The molecule has 0 aliphatic rings. The molecule has 3 aromatic carbocycles. The fourth-order valence-corrected chi connectivity index (χ4v) is 3.83. The lowest BCUT2D eigenvalue weighted by molar-refractivity contribution is 0.0488. The lowest BCUT2D eigenvalue weighted by Gasteiger charge is -2.21. The molecule has 4 aromatic rings. The normalized spacial score (nSPS) is 11.6. The highest BCUT2D eigenvalue weighted by atomic mass is 79.9. The van der Waals surface area contributed by atoms with Gasteiger partial charge in [-0.25, -0.2) is 14.8 Å². The Morgan fingerprint density at radius 1 is 0.970 bits per heavy atom. The van der Waals surface area contributed by atoms with Crippen LogP contribution in [0, 0.1) is 0 Å². The maximum atomic E-state index is 12.6. The van der Waals surface area contributed by atoms with Gasteiger partial charge in [-0.05, 0) is 29.8 Å². The molecule has 8 heteroatoms. The molecule has 4 rings (SSSR count). The van der Waals surface area contributed by atoms with Gasteiger partial charge in [0.05, 0.1) is 31.3 Å². The molecule has 1 heterocycles. The number of aromatic nitrogens is 2. The predicted molar refractivity (Wildman–Crippen MR) is 130 cm³/mol. The molecule has 0 amide bonds. The third-order valence-electron chi connectivity index (χ3n) is 5.09. The van der Waals surface area contributed by atoms with Gasteiger partial charge in [0, 0.05) is 15.9 Å². The maximum Gasteiger partial charge on any atom is 0.338 e. The Balaban J connectivity index is 1.63. The summed E-state index contributed by atoms with van der Waals surface area (Å²) in [5.74, 6) is 1.34. The first-order valence-electron chi connectivity index (χ1n) is 10.2. The number of hydrogen-bond donors (Lipinski definition) is 1. The third kappa shape index (κ3) is 5.23. The molecule has 1 atom stereocenters. The van der Waals surface area contributed by atoms with Crippen LogP contribution in [0.25, 0.3) is 10.9 Å². The van der Waals surface area contributed by atoms with Crippen LogP contribution in [0.1, 0.15) is 22.0 Å². The summed E-state index contributed by atoms with van der Waals surface area (Å²) in [6.45, 7) is 0.105. The van der Waals surface area contributed by atoms with Crippen molar-refractivity contribution in [2.24, 2.45) is 0 Å². The number of fused-ring (bicyclic) bond motifs is 1. The van der Waals surface area contributed by atoms with E-state index in [9.17, 15) is 4.79 Å². The first kappa shape index (κ1) is 22.5. The van der Waals surface area contributed by atoms with E-state index < -0.39 is 5.97 Å². The molecule has 1 aromatic heterocycles. The average Bonchev–Trinajstić information content (AvgIpc) is 2.86. The summed E-state index contributed by atoms with van der Waals surface area (Å²) in [6.07, 6.45) is 1.48. The van der Waals surface area contributed by atoms with Gasteiger partial charge in [-0.1, -0.05) is 52.3 Å². The van der Waals surface area contributed by atoms with E-state index in [1.54, 1.807) is 38.5 Å². The molecule has 1 N–H and O–H groups in total. The van der Waals surface area contributed by atoms with E-state index in [2.05, 4.69) is 31.2 Å². The van der Waals surface area contributed by atoms with Crippen molar-refractivity contribution >= 4 is 38.6 Å². The Kier molecular flexibility index (Phi) is 7.04. The van der Waals surface area contributed by atoms with Gasteiger partial charge in [-0.2, -0.15) is 0 Å². The number of anilines is 1. The molecule has 0 fully saturated rings. The fraction of sp³-hybridized carbons (Fsp3) is 0.160. The molecule has 0 saturated carbocycles. The van der Waals surface area contributed by atoms with Crippen molar-refractivity contribution in [1.82, 2.24) is 9.97 Å². The van der Waals surface area contributed by atoms with Crippen LogP contribution >= 0.6 is 15.9 Å². The van der Waals surface area contributed by atoms with Crippen molar-refractivity contribution in [3.05, 3.63) is 88.7 Å². The second-order valence-corrected chi connectivity index (χ2v) is 8.08.